The lowest BCUT2D eigenvalue weighted by molar-refractivity contribution is -0.142. The van der Waals surface area contributed by atoms with Gasteiger partial charge in [-0.3, -0.25) is 9.48 Å². The lowest BCUT2D eigenvalue weighted by atomic mass is 10.1. The first-order valence-corrected chi connectivity index (χ1v) is 5.34. The second-order valence-corrected chi connectivity index (χ2v) is 3.99. The van der Waals surface area contributed by atoms with Crippen molar-refractivity contribution < 1.29 is 26.7 Å². The van der Waals surface area contributed by atoms with Crippen LogP contribution in [0.2, 0.25) is 0 Å². The van der Waals surface area contributed by atoms with Gasteiger partial charge in [0.25, 0.3) is 0 Å². The quantitative estimate of drug-likeness (QED) is 0.642. The minimum absolute atomic E-state index is 0.0110. The van der Waals surface area contributed by atoms with Crippen LogP contribution in [0.15, 0.2) is 24.5 Å². The fourth-order valence-electron chi connectivity index (χ4n) is 1.65. The van der Waals surface area contributed by atoms with Crippen LogP contribution in [0.1, 0.15) is 10.4 Å². The van der Waals surface area contributed by atoms with Crippen LogP contribution in [0.25, 0.3) is 11.1 Å². The number of alkyl halides is 3. The molecule has 0 saturated heterocycles. The molecule has 2 rings (SSSR count). The summed E-state index contributed by atoms with van der Waals surface area (Å²) in [5, 5.41) is 3.43. The lowest BCUT2D eigenvalue weighted by Crippen LogP contribution is -2.17. The monoisotopic (exact) mass is 290 g/mol. The van der Waals surface area contributed by atoms with Crippen LogP contribution >= 0.6 is 0 Å². The molecule has 0 aliphatic heterocycles. The highest BCUT2D eigenvalue weighted by Crippen LogP contribution is 2.26. The van der Waals surface area contributed by atoms with Crippen molar-refractivity contribution in [2.75, 3.05) is 0 Å². The molecule has 0 fully saturated rings. The summed E-state index contributed by atoms with van der Waals surface area (Å²) in [7, 11) is 0. The van der Waals surface area contributed by atoms with Gasteiger partial charge in [-0.05, 0) is 6.07 Å². The number of rotatable bonds is 3. The Balaban J connectivity index is 2.38. The zero-order valence-corrected chi connectivity index (χ0v) is 9.79. The summed E-state index contributed by atoms with van der Waals surface area (Å²) in [6.45, 7) is -1.33. The van der Waals surface area contributed by atoms with E-state index in [4.69, 9.17) is 0 Å². The number of aldehydes is 1. The lowest BCUT2D eigenvalue weighted by Gasteiger charge is -2.05. The number of carbonyl (C=O) groups excluding carboxylic acids is 1. The number of hydrogen-bond acceptors (Lipinski definition) is 2. The number of nitrogens with zero attached hydrogens (tertiary/aromatic N) is 2. The molecule has 0 spiro atoms. The van der Waals surface area contributed by atoms with E-state index in [0.29, 0.717) is 4.68 Å². The van der Waals surface area contributed by atoms with E-state index < -0.39 is 29.9 Å². The van der Waals surface area contributed by atoms with Crippen molar-refractivity contribution in [2.24, 2.45) is 0 Å². The predicted octanol–water partition coefficient (Wildman–Crippen LogP) is 3.20. The van der Waals surface area contributed by atoms with Crippen LogP contribution in [-0.4, -0.2) is 22.2 Å². The maximum atomic E-state index is 13.7. The minimum Gasteiger partial charge on any atom is -0.298 e. The highest BCUT2D eigenvalue weighted by Gasteiger charge is 2.28. The van der Waals surface area contributed by atoms with Crippen LogP contribution in [0.5, 0.6) is 0 Å². The molecule has 0 N–H and O–H groups in total. The summed E-state index contributed by atoms with van der Waals surface area (Å²) < 4.78 is 64.2. The number of benzene rings is 1. The molecule has 20 heavy (non-hydrogen) atoms. The average molecular weight is 290 g/mol. The van der Waals surface area contributed by atoms with Gasteiger partial charge in [0.2, 0.25) is 0 Å². The van der Waals surface area contributed by atoms with E-state index in [-0.39, 0.29) is 17.4 Å². The molecular weight excluding hydrogens is 283 g/mol. The number of hydrogen-bond donors (Lipinski definition) is 0. The molecule has 0 radical (unpaired) electrons. The highest BCUT2D eigenvalue weighted by atomic mass is 19.4. The van der Waals surface area contributed by atoms with Crippen molar-refractivity contribution in [3.63, 3.8) is 0 Å². The Hall–Kier alpha value is -2.25. The van der Waals surface area contributed by atoms with Crippen molar-refractivity contribution in [1.29, 1.82) is 0 Å². The summed E-state index contributed by atoms with van der Waals surface area (Å²) in [5.74, 6) is -2.65. The van der Waals surface area contributed by atoms with Gasteiger partial charge in [0.15, 0.2) is 17.9 Å². The third-order valence-electron chi connectivity index (χ3n) is 2.52. The fraction of sp³-hybridized carbons (Fsp3) is 0.167. The molecule has 1 heterocycles. The molecule has 1 aromatic carbocycles. The maximum absolute atomic E-state index is 13.7. The molecular formula is C12H7F5N2O. The Morgan fingerprint density at radius 1 is 1.20 bits per heavy atom. The zero-order valence-electron chi connectivity index (χ0n) is 9.79. The third kappa shape index (κ3) is 2.84. The van der Waals surface area contributed by atoms with Crippen LogP contribution in [0.4, 0.5) is 22.0 Å². The average Bonchev–Trinajstić information content (AvgIpc) is 2.78. The number of halogens is 5. The van der Waals surface area contributed by atoms with Gasteiger partial charge in [0.05, 0.1) is 11.8 Å². The van der Waals surface area contributed by atoms with Crippen molar-refractivity contribution in [1.82, 2.24) is 9.78 Å². The van der Waals surface area contributed by atoms with Crippen molar-refractivity contribution in [3.05, 3.63) is 41.7 Å². The van der Waals surface area contributed by atoms with Crippen molar-refractivity contribution in [3.8, 4) is 11.1 Å². The van der Waals surface area contributed by atoms with Gasteiger partial charge in [-0.15, -0.1) is 0 Å². The highest BCUT2D eigenvalue weighted by molar-refractivity contribution is 5.77. The Bertz CT molecular complexity index is 648. The molecule has 2 aromatic rings. The summed E-state index contributed by atoms with van der Waals surface area (Å²) in [6, 6.07) is 2.15. The van der Waals surface area contributed by atoms with Gasteiger partial charge in [0, 0.05) is 17.3 Å². The van der Waals surface area contributed by atoms with Gasteiger partial charge in [-0.25, -0.2) is 8.78 Å². The van der Waals surface area contributed by atoms with E-state index in [0.717, 1.165) is 24.5 Å². The van der Waals surface area contributed by atoms with Gasteiger partial charge < -0.3 is 0 Å². The van der Waals surface area contributed by atoms with Crippen LogP contribution in [0, 0.1) is 11.6 Å². The van der Waals surface area contributed by atoms with Gasteiger partial charge in [-0.2, -0.15) is 18.3 Å². The number of aromatic nitrogens is 2. The fourth-order valence-corrected chi connectivity index (χ4v) is 1.65. The van der Waals surface area contributed by atoms with Crippen LogP contribution in [-0.2, 0) is 6.54 Å². The van der Waals surface area contributed by atoms with E-state index >= 15 is 0 Å². The predicted molar refractivity (Wildman–Crippen MR) is 59.0 cm³/mol. The van der Waals surface area contributed by atoms with E-state index in [1.165, 1.54) is 0 Å². The Kier molecular flexibility index (Phi) is 3.56. The second kappa shape index (κ2) is 5.03. The molecule has 0 amide bonds. The molecule has 0 saturated carbocycles. The molecule has 3 nitrogen and oxygen atoms in total. The molecule has 0 aliphatic rings. The molecule has 1 aromatic heterocycles. The van der Waals surface area contributed by atoms with E-state index in [1.54, 1.807) is 0 Å². The molecule has 106 valence electrons. The topological polar surface area (TPSA) is 34.9 Å². The Labute approximate surface area is 109 Å². The van der Waals surface area contributed by atoms with Crippen molar-refractivity contribution in [2.45, 2.75) is 12.7 Å². The first-order chi connectivity index (χ1) is 9.31. The Morgan fingerprint density at radius 3 is 2.50 bits per heavy atom. The largest absolute Gasteiger partial charge is 0.408 e. The smallest absolute Gasteiger partial charge is 0.298 e. The van der Waals surface area contributed by atoms with E-state index in [1.807, 2.05) is 0 Å². The maximum Gasteiger partial charge on any atom is 0.408 e. The van der Waals surface area contributed by atoms with E-state index in [9.17, 15) is 26.7 Å². The van der Waals surface area contributed by atoms with Crippen LogP contribution < -0.4 is 0 Å². The van der Waals surface area contributed by atoms with E-state index in [2.05, 4.69) is 5.10 Å². The summed E-state index contributed by atoms with van der Waals surface area (Å²) >= 11 is 0. The summed E-state index contributed by atoms with van der Waals surface area (Å²) in [5.41, 5.74) is -0.737. The molecule has 0 unspecified atom stereocenters. The summed E-state index contributed by atoms with van der Waals surface area (Å²) in [6.07, 6.45) is -2.38. The van der Waals surface area contributed by atoms with Crippen molar-refractivity contribution >= 4 is 6.29 Å². The second-order valence-electron chi connectivity index (χ2n) is 3.99. The Morgan fingerprint density at radius 2 is 1.90 bits per heavy atom. The summed E-state index contributed by atoms with van der Waals surface area (Å²) in [4.78, 5) is 10.4. The first-order valence-electron chi connectivity index (χ1n) is 5.34. The molecule has 8 heteroatoms. The molecule has 0 bridgehead atoms. The van der Waals surface area contributed by atoms with Gasteiger partial charge in [-0.1, -0.05) is 6.07 Å². The standard InChI is InChI=1S/C12H7F5N2O/c13-10-7(5-20)1-2-9(11(10)14)8-3-18-19(4-8)6-12(15,16)17/h1-5H,6H2. The molecule has 0 atom stereocenters. The van der Waals surface area contributed by atoms with Gasteiger partial charge >= 0.3 is 6.18 Å². The SMILES string of the molecule is O=Cc1ccc(-c2cnn(CC(F)(F)F)c2)c(F)c1F. The minimum atomic E-state index is -4.46. The number of carbonyl (C=O) groups is 1. The normalized spacial score (nSPS) is 11.7. The third-order valence-corrected chi connectivity index (χ3v) is 2.52. The van der Waals surface area contributed by atoms with Gasteiger partial charge in [0.1, 0.15) is 6.54 Å². The molecule has 0 aliphatic carbocycles. The van der Waals surface area contributed by atoms with Crippen LogP contribution in [0.3, 0.4) is 0 Å². The first kappa shape index (κ1) is 14.2. The zero-order chi connectivity index (χ0) is 14.9.